The van der Waals surface area contributed by atoms with E-state index in [1.54, 1.807) is 6.08 Å². The zero-order valence-corrected chi connectivity index (χ0v) is 20.3. The van der Waals surface area contributed by atoms with Gasteiger partial charge in [-0.2, -0.15) is 0 Å². The first-order valence-corrected chi connectivity index (χ1v) is 11.9. The predicted octanol–water partition coefficient (Wildman–Crippen LogP) is 5.05. The number of benzene rings is 1. The highest BCUT2D eigenvalue weighted by molar-refractivity contribution is 8.26. The fourth-order valence-corrected chi connectivity index (χ4v) is 4.05. The lowest BCUT2D eigenvalue weighted by molar-refractivity contribution is -0.143. The van der Waals surface area contributed by atoms with Crippen molar-refractivity contribution >= 4 is 46.3 Å². The average molecular weight is 466 g/mol. The average Bonchev–Trinajstić information content (AvgIpc) is 2.99. The van der Waals surface area contributed by atoms with Crippen LogP contribution < -0.4 is 9.47 Å². The minimum absolute atomic E-state index is 0.122. The van der Waals surface area contributed by atoms with Gasteiger partial charge in [0.15, 0.2) is 11.5 Å². The van der Waals surface area contributed by atoms with Crippen molar-refractivity contribution in [3.8, 4) is 11.5 Å². The molecular formula is C23H31NO5S2. The largest absolute Gasteiger partial charge is 0.490 e. The fraction of sp³-hybridized carbons (Fsp3) is 0.522. The number of hydrogen-bond acceptors (Lipinski definition) is 7. The SMILES string of the molecule is CCCOC(=O)CCN1C(=O)/C(=C\c2ccc(OCCC(C)C)c(OCC)c2)SC1=S. The third kappa shape index (κ3) is 7.85. The topological polar surface area (TPSA) is 65.1 Å². The molecule has 8 heteroatoms. The maximum absolute atomic E-state index is 12.8. The second kappa shape index (κ2) is 12.7. The summed E-state index contributed by atoms with van der Waals surface area (Å²) in [6.07, 6.45) is 3.63. The summed E-state index contributed by atoms with van der Waals surface area (Å²) in [4.78, 5) is 26.5. The number of hydrogen-bond donors (Lipinski definition) is 0. The minimum Gasteiger partial charge on any atom is -0.490 e. The van der Waals surface area contributed by atoms with E-state index >= 15 is 0 Å². The van der Waals surface area contributed by atoms with E-state index in [0.29, 0.717) is 46.5 Å². The van der Waals surface area contributed by atoms with Crippen LogP contribution in [0.2, 0.25) is 0 Å². The Morgan fingerprint density at radius 1 is 1.19 bits per heavy atom. The van der Waals surface area contributed by atoms with Crippen molar-refractivity contribution in [1.82, 2.24) is 4.90 Å². The van der Waals surface area contributed by atoms with Crippen LogP contribution in [0.5, 0.6) is 11.5 Å². The van der Waals surface area contributed by atoms with Crippen molar-refractivity contribution < 1.29 is 23.8 Å². The van der Waals surface area contributed by atoms with Crippen molar-refractivity contribution in [2.24, 2.45) is 5.92 Å². The molecule has 6 nitrogen and oxygen atoms in total. The fourth-order valence-electron chi connectivity index (χ4n) is 2.74. The summed E-state index contributed by atoms with van der Waals surface area (Å²) in [6, 6.07) is 5.62. The van der Waals surface area contributed by atoms with E-state index in [-0.39, 0.29) is 24.8 Å². The summed E-state index contributed by atoms with van der Waals surface area (Å²) in [5.74, 6) is 1.37. The van der Waals surface area contributed by atoms with Gasteiger partial charge in [0.1, 0.15) is 4.32 Å². The summed E-state index contributed by atoms with van der Waals surface area (Å²) >= 11 is 6.57. The van der Waals surface area contributed by atoms with Crippen LogP contribution in [0, 0.1) is 5.92 Å². The molecule has 0 spiro atoms. The third-order valence-corrected chi connectivity index (χ3v) is 5.78. The molecule has 2 rings (SSSR count). The van der Waals surface area contributed by atoms with Crippen molar-refractivity contribution in [3.63, 3.8) is 0 Å². The van der Waals surface area contributed by atoms with Crippen molar-refractivity contribution in [2.45, 2.75) is 47.0 Å². The maximum atomic E-state index is 12.8. The summed E-state index contributed by atoms with van der Waals surface area (Å²) in [5, 5.41) is 0. The van der Waals surface area contributed by atoms with Gasteiger partial charge in [-0.05, 0) is 49.5 Å². The van der Waals surface area contributed by atoms with E-state index in [0.717, 1.165) is 18.4 Å². The van der Waals surface area contributed by atoms with Gasteiger partial charge in [-0.1, -0.05) is 50.8 Å². The highest BCUT2D eigenvalue weighted by atomic mass is 32.2. The van der Waals surface area contributed by atoms with Gasteiger partial charge < -0.3 is 14.2 Å². The highest BCUT2D eigenvalue weighted by Crippen LogP contribution is 2.35. The van der Waals surface area contributed by atoms with E-state index in [1.807, 2.05) is 32.0 Å². The van der Waals surface area contributed by atoms with Crippen molar-refractivity contribution in [2.75, 3.05) is 26.4 Å². The lowest BCUT2D eigenvalue weighted by atomic mass is 10.1. The van der Waals surface area contributed by atoms with Gasteiger partial charge in [0.05, 0.1) is 31.1 Å². The first-order valence-electron chi connectivity index (χ1n) is 10.7. The van der Waals surface area contributed by atoms with Crippen LogP contribution in [-0.4, -0.2) is 47.5 Å². The van der Waals surface area contributed by atoms with E-state index in [2.05, 4.69) is 13.8 Å². The number of thioether (sulfide) groups is 1. The number of thiocarbonyl (C=S) groups is 1. The predicted molar refractivity (Wildman–Crippen MR) is 128 cm³/mol. The Morgan fingerprint density at radius 2 is 1.97 bits per heavy atom. The smallest absolute Gasteiger partial charge is 0.307 e. The van der Waals surface area contributed by atoms with Gasteiger partial charge in [0.2, 0.25) is 0 Å². The first-order chi connectivity index (χ1) is 14.8. The number of esters is 1. The van der Waals surface area contributed by atoms with Crippen LogP contribution in [0.4, 0.5) is 0 Å². The number of carbonyl (C=O) groups is 2. The normalized spacial score (nSPS) is 15.1. The first kappa shape index (κ1) is 25.2. The van der Waals surface area contributed by atoms with Gasteiger partial charge in [-0.15, -0.1) is 0 Å². The van der Waals surface area contributed by atoms with Crippen molar-refractivity contribution in [1.29, 1.82) is 0 Å². The van der Waals surface area contributed by atoms with Gasteiger partial charge in [0, 0.05) is 6.54 Å². The second-order valence-corrected chi connectivity index (χ2v) is 9.15. The van der Waals surface area contributed by atoms with E-state index in [9.17, 15) is 9.59 Å². The Bertz CT molecular complexity index is 822. The molecule has 0 radical (unpaired) electrons. The van der Waals surface area contributed by atoms with Crippen LogP contribution in [0.25, 0.3) is 6.08 Å². The summed E-state index contributed by atoms with van der Waals surface area (Å²) in [7, 11) is 0. The molecule has 1 aliphatic heterocycles. The number of nitrogens with zero attached hydrogens (tertiary/aromatic N) is 1. The van der Waals surface area contributed by atoms with Crippen LogP contribution >= 0.6 is 24.0 Å². The lowest BCUT2D eigenvalue weighted by Gasteiger charge is -2.14. The Hall–Kier alpha value is -2.06. The highest BCUT2D eigenvalue weighted by Gasteiger charge is 2.32. The Kier molecular flexibility index (Phi) is 10.3. The zero-order valence-electron chi connectivity index (χ0n) is 18.6. The Balaban J connectivity index is 2.08. The molecule has 0 unspecified atom stereocenters. The van der Waals surface area contributed by atoms with Gasteiger partial charge in [-0.25, -0.2) is 0 Å². The number of carbonyl (C=O) groups excluding carboxylic acids is 2. The Labute approximate surface area is 194 Å². The molecule has 0 aromatic heterocycles. The van der Waals surface area contributed by atoms with E-state index < -0.39 is 0 Å². The number of ether oxygens (including phenoxy) is 3. The van der Waals surface area contributed by atoms with Gasteiger partial charge >= 0.3 is 5.97 Å². The summed E-state index contributed by atoms with van der Waals surface area (Å²) in [5.41, 5.74) is 0.822. The van der Waals surface area contributed by atoms with E-state index in [4.69, 9.17) is 26.4 Å². The minimum atomic E-state index is -0.325. The molecule has 1 fully saturated rings. The standard InChI is InChI=1S/C23H31NO5S2/c1-5-12-29-21(25)9-11-24-22(26)20(31-23(24)30)15-17-7-8-18(19(14-17)27-6-2)28-13-10-16(3)4/h7-8,14-16H,5-6,9-13H2,1-4H3/b20-15+. The molecule has 1 amide bonds. The molecule has 1 aliphatic rings. The van der Waals surface area contributed by atoms with Crippen LogP contribution in [-0.2, 0) is 14.3 Å². The molecule has 31 heavy (non-hydrogen) atoms. The number of amides is 1. The molecule has 170 valence electrons. The quantitative estimate of drug-likeness (QED) is 0.243. The summed E-state index contributed by atoms with van der Waals surface area (Å²) in [6.45, 7) is 9.90. The monoisotopic (exact) mass is 465 g/mol. The summed E-state index contributed by atoms with van der Waals surface area (Å²) < 4.78 is 17.1. The molecule has 1 saturated heterocycles. The molecule has 1 heterocycles. The van der Waals surface area contributed by atoms with E-state index in [1.165, 1.54) is 16.7 Å². The molecule has 0 bridgehead atoms. The van der Waals surface area contributed by atoms with Gasteiger partial charge in [-0.3, -0.25) is 14.5 Å². The molecule has 0 N–H and O–H groups in total. The number of rotatable bonds is 12. The maximum Gasteiger partial charge on any atom is 0.307 e. The van der Waals surface area contributed by atoms with Gasteiger partial charge in [0.25, 0.3) is 5.91 Å². The molecule has 1 aromatic carbocycles. The Morgan fingerprint density at radius 3 is 2.65 bits per heavy atom. The molecule has 1 aromatic rings. The van der Waals surface area contributed by atoms with Crippen LogP contribution in [0.1, 0.15) is 52.5 Å². The zero-order chi connectivity index (χ0) is 22.8. The third-order valence-electron chi connectivity index (χ3n) is 4.40. The second-order valence-electron chi connectivity index (χ2n) is 7.47. The molecule has 0 saturated carbocycles. The molecular weight excluding hydrogens is 434 g/mol. The van der Waals surface area contributed by atoms with Crippen LogP contribution in [0.15, 0.2) is 23.1 Å². The van der Waals surface area contributed by atoms with Crippen LogP contribution in [0.3, 0.4) is 0 Å². The van der Waals surface area contributed by atoms with Crippen molar-refractivity contribution in [3.05, 3.63) is 28.7 Å². The molecule has 0 atom stereocenters. The molecule has 0 aliphatic carbocycles. The lowest BCUT2D eigenvalue weighted by Crippen LogP contribution is -2.30.